The molecular weight excluding hydrogens is 546 g/mol. The van der Waals surface area contributed by atoms with Crippen LogP contribution in [-0.4, -0.2) is 73.1 Å². The number of ether oxygens (including phenoxy) is 1. The minimum atomic E-state index is -0.268. The Kier molecular flexibility index (Phi) is 8.99. The number of methoxy groups -OCH3 is 1. The molecular formula is C33H37N5O3S. The Hall–Kier alpha value is -4.08. The number of aromatic nitrogens is 2. The zero-order valence-electron chi connectivity index (χ0n) is 24.8. The van der Waals surface area contributed by atoms with Crippen LogP contribution in [0.25, 0.3) is 16.9 Å². The second kappa shape index (κ2) is 12.8. The summed E-state index contributed by atoms with van der Waals surface area (Å²) in [6.45, 7) is 5.21. The first-order chi connectivity index (χ1) is 20.3. The van der Waals surface area contributed by atoms with Crippen LogP contribution in [0.15, 0.2) is 72.8 Å². The molecule has 9 heteroatoms. The summed E-state index contributed by atoms with van der Waals surface area (Å²) in [7, 11) is 5.58. The molecule has 0 radical (unpaired) electrons. The van der Waals surface area contributed by atoms with Crippen molar-refractivity contribution in [3.8, 4) is 22.7 Å². The van der Waals surface area contributed by atoms with Gasteiger partial charge >= 0.3 is 0 Å². The van der Waals surface area contributed by atoms with Gasteiger partial charge in [-0.1, -0.05) is 60.7 Å². The van der Waals surface area contributed by atoms with Gasteiger partial charge in [0.1, 0.15) is 18.1 Å². The first-order valence-corrected chi connectivity index (χ1v) is 15.1. The van der Waals surface area contributed by atoms with E-state index >= 15 is 0 Å². The number of carbonyl (C=O) groups is 2. The molecule has 0 unspecified atom stereocenters. The van der Waals surface area contributed by atoms with Crippen LogP contribution >= 0.6 is 11.8 Å². The maximum Gasteiger partial charge on any atom is 0.240 e. The van der Waals surface area contributed by atoms with Gasteiger partial charge in [-0.05, 0) is 51.2 Å². The predicted octanol–water partition coefficient (Wildman–Crippen LogP) is 5.01. The molecule has 4 aromatic rings. The maximum atomic E-state index is 14.0. The fraction of sp³-hybridized carbons (Fsp3) is 0.303. The number of carbonyl (C=O) groups excluding carboxylic acids is 2. The van der Waals surface area contributed by atoms with Crippen LogP contribution < -0.4 is 15.0 Å². The van der Waals surface area contributed by atoms with Gasteiger partial charge in [0.05, 0.1) is 29.5 Å². The van der Waals surface area contributed by atoms with E-state index in [1.54, 1.807) is 12.0 Å². The molecule has 0 fully saturated rings. The van der Waals surface area contributed by atoms with Crippen LogP contribution in [0.4, 0.5) is 5.82 Å². The highest BCUT2D eigenvalue weighted by molar-refractivity contribution is 8.00. The summed E-state index contributed by atoms with van der Waals surface area (Å²) in [6, 6.07) is 24.0. The lowest BCUT2D eigenvalue weighted by molar-refractivity contribution is -0.122. The molecule has 1 atom stereocenters. The highest BCUT2D eigenvalue weighted by atomic mass is 32.2. The standard InChI is InChI=1S/C33H37N5O3S/c1-22-12-11-16-26(23(22)2)38-33-30(31(35-38)24-13-7-6-8-14-24)32(25-15-9-10-17-27(25)41-5)42-21-29(40)37(33)20-28(39)34-18-19-36(3)4/h6-17,32H,18-21H2,1-5H3,(H,34,39)/t32-/m0/s1. The van der Waals surface area contributed by atoms with E-state index in [0.29, 0.717) is 18.9 Å². The SMILES string of the molecule is COc1ccccc1[C@@H]1SCC(=O)N(CC(=O)NCCN(C)C)c2c1c(-c1ccccc1)nn2-c1cccc(C)c1C. The molecule has 0 spiro atoms. The van der Waals surface area contributed by atoms with Gasteiger partial charge in [0.2, 0.25) is 11.8 Å². The van der Waals surface area contributed by atoms with Crippen LogP contribution in [0.5, 0.6) is 5.75 Å². The molecule has 5 rings (SSSR count). The average molecular weight is 584 g/mol. The average Bonchev–Trinajstić information content (AvgIpc) is 3.31. The molecule has 1 N–H and O–H groups in total. The van der Waals surface area contributed by atoms with E-state index in [9.17, 15) is 9.59 Å². The Morgan fingerprint density at radius 2 is 1.79 bits per heavy atom. The molecule has 0 bridgehead atoms. The molecule has 0 aliphatic carbocycles. The lowest BCUT2D eigenvalue weighted by Crippen LogP contribution is -2.43. The molecule has 2 heterocycles. The molecule has 0 saturated carbocycles. The van der Waals surface area contributed by atoms with Gasteiger partial charge in [-0.15, -0.1) is 11.8 Å². The van der Waals surface area contributed by atoms with Gasteiger partial charge in [0.25, 0.3) is 0 Å². The fourth-order valence-corrected chi connectivity index (χ4v) is 6.43. The Morgan fingerprint density at radius 1 is 1.05 bits per heavy atom. The van der Waals surface area contributed by atoms with E-state index in [2.05, 4.69) is 25.2 Å². The number of nitrogens with one attached hydrogen (secondary N) is 1. The predicted molar refractivity (Wildman–Crippen MR) is 170 cm³/mol. The second-order valence-corrected chi connectivity index (χ2v) is 11.7. The highest BCUT2D eigenvalue weighted by Gasteiger charge is 2.38. The number of rotatable bonds is 9. The van der Waals surface area contributed by atoms with Crippen molar-refractivity contribution in [1.82, 2.24) is 20.0 Å². The topological polar surface area (TPSA) is 79.7 Å². The Balaban J connectivity index is 1.77. The molecule has 8 nitrogen and oxygen atoms in total. The molecule has 2 amide bonds. The third kappa shape index (κ3) is 5.93. The number of hydrogen-bond acceptors (Lipinski definition) is 6. The van der Waals surface area contributed by atoms with Crippen LogP contribution in [0, 0.1) is 13.8 Å². The monoisotopic (exact) mass is 583 g/mol. The number of nitrogens with zero attached hydrogens (tertiary/aromatic N) is 4. The molecule has 1 aromatic heterocycles. The summed E-state index contributed by atoms with van der Waals surface area (Å²) in [5, 5.41) is 7.93. The van der Waals surface area contributed by atoms with Gasteiger partial charge in [-0.3, -0.25) is 14.5 Å². The summed E-state index contributed by atoms with van der Waals surface area (Å²) in [5.41, 5.74) is 6.56. The summed E-state index contributed by atoms with van der Waals surface area (Å²) in [4.78, 5) is 30.9. The van der Waals surface area contributed by atoms with Crippen molar-refractivity contribution in [2.75, 3.05) is 51.5 Å². The maximum absolute atomic E-state index is 14.0. The quantitative estimate of drug-likeness (QED) is 0.298. The molecule has 0 saturated heterocycles. The second-order valence-electron chi connectivity index (χ2n) is 10.6. The number of benzene rings is 3. The van der Waals surface area contributed by atoms with Gasteiger partial charge in [-0.2, -0.15) is 5.10 Å². The van der Waals surface area contributed by atoms with Gasteiger partial charge in [0.15, 0.2) is 0 Å². The van der Waals surface area contributed by atoms with Crippen molar-refractivity contribution in [1.29, 1.82) is 0 Å². The van der Waals surface area contributed by atoms with Crippen molar-refractivity contribution in [3.63, 3.8) is 0 Å². The summed E-state index contributed by atoms with van der Waals surface area (Å²) < 4.78 is 7.66. The van der Waals surface area contributed by atoms with Crippen LogP contribution in [0.1, 0.15) is 27.5 Å². The van der Waals surface area contributed by atoms with Crippen molar-refractivity contribution >= 4 is 29.4 Å². The molecule has 1 aliphatic rings. The van der Waals surface area contributed by atoms with Crippen LogP contribution in [0.3, 0.4) is 0 Å². The van der Waals surface area contributed by atoms with E-state index in [-0.39, 0.29) is 29.4 Å². The van der Waals surface area contributed by atoms with Gasteiger partial charge in [-0.25, -0.2) is 4.68 Å². The number of amides is 2. The number of hydrogen-bond donors (Lipinski definition) is 1. The summed E-state index contributed by atoms with van der Waals surface area (Å²) >= 11 is 1.53. The van der Waals surface area contributed by atoms with Crippen LogP contribution in [0.2, 0.25) is 0 Å². The normalized spacial score (nSPS) is 15.0. The van der Waals surface area contributed by atoms with Crippen molar-refractivity contribution in [2.45, 2.75) is 19.1 Å². The van der Waals surface area contributed by atoms with E-state index in [0.717, 1.165) is 44.9 Å². The first kappa shape index (κ1) is 29.4. The highest BCUT2D eigenvalue weighted by Crippen LogP contribution is 2.50. The van der Waals surface area contributed by atoms with E-state index in [4.69, 9.17) is 9.84 Å². The van der Waals surface area contributed by atoms with Crippen molar-refractivity contribution < 1.29 is 14.3 Å². The smallest absolute Gasteiger partial charge is 0.240 e. The number of fused-ring (bicyclic) bond motifs is 1. The Labute approximate surface area is 251 Å². The molecule has 3 aromatic carbocycles. The molecule has 1 aliphatic heterocycles. The summed E-state index contributed by atoms with van der Waals surface area (Å²) in [6.07, 6.45) is 0. The number of thioether (sulfide) groups is 1. The fourth-order valence-electron chi connectivity index (χ4n) is 5.21. The molecule has 218 valence electrons. The summed E-state index contributed by atoms with van der Waals surface area (Å²) in [5.74, 6) is 1.18. The third-order valence-electron chi connectivity index (χ3n) is 7.54. The third-order valence-corrected chi connectivity index (χ3v) is 8.78. The minimum Gasteiger partial charge on any atom is -0.496 e. The largest absolute Gasteiger partial charge is 0.496 e. The number of para-hydroxylation sites is 1. The van der Waals surface area contributed by atoms with Gasteiger partial charge in [0, 0.05) is 29.8 Å². The lowest BCUT2D eigenvalue weighted by Gasteiger charge is -2.24. The van der Waals surface area contributed by atoms with Gasteiger partial charge < -0.3 is 15.0 Å². The number of likely N-dealkylation sites (N-methyl/N-ethyl adjacent to an activating group) is 1. The van der Waals surface area contributed by atoms with Crippen molar-refractivity contribution in [3.05, 3.63) is 95.1 Å². The van der Waals surface area contributed by atoms with E-state index in [1.165, 1.54) is 11.8 Å². The zero-order chi connectivity index (χ0) is 29.8. The Morgan fingerprint density at radius 3 is 2.52 bits per heavy atom. The lowest BCUT2D eigenvalue weighted by atomic mass is 9.98. The number of aryl methyl sites for hydroxylation is 1. The molecule has 42 heavy (non-hydrogen) atoms. The van der Waals surface area contributed by atoms with E-state index < -0.39 is 0 Å². The van der Waals surface area contributed by atoms with Crippen LogP contribution in [-0.2, 0) is 9.59 Å². The van der Waals surface area contributed by atoms with E-state index in [1.807, 2.05) is 90.4 Å². The Bertz CT molecular complexity index is 1580. The zero-order valence-corrected chi connectivity index (χ0v) is 25.6. The van der Waals surface area contributed by atoms with Crippen molar-refractivity contribution in [2.24, 2.45) is 0 Å². The first-order valence-electron chi connectivity index (χ1n) is 14.0. The minimum absolute atomic E-state index is 0.108. The number of anilines is 1.